The van der Waals surface area contributed by atoms with Crippen molar-refractivity contribution in [1.82, 2.24) is 10.2 Å². The maximum atomic E-state index is 12.0. The molecular formula is C15H28N2O3. The third kappa shape index (κ3) is 7.16. The van der Waals surface area contributed by atoms with E-state index < -0.39 is 11.9 Å². The lowest BCUT2D eigenvalue weighted by molar-refractivity contribution is -0.142. The number of hydrogen-bond donors (Lipinski definition) is 2. The smallest absolute Gasteiger partial charge is 0.317 e. The summed E-state index contributed by atoms with van der Waals surface area (Å²) in [5.74, 6) is -1.45. The molecule has 5 nitrogen and oxygen atoms in total. The van der Waals surface area contributed by atoms with E-state index in [1.165, 1.54) is 0 Å². The van der Waals surface area contributed by atoms with Gasteiger partial charge in [-0.25, -0.2) is 4.79 Å². The van der Waals surface area contributed by atoms with Gasteiger partial charge in [0.25, 0.3) is 0 Å². The monoisotopic (exact) mass is 284 g/mol. The van der Waals surface area contributed by atoms with Crippen LogP contribution in [0.2, 0.25) is 0 Å². The highest BCUT2D eigenvalue weighted by Crippen LogP contribution is 2.24. The van der Waals surface area contributed by atoms with Crippen molar-refractivity contribution in [2.45, 2.75) is 47.1 Å². The number of nitrogens with zero attached hydrogens (tertiary/aromatic N) is 1. The Kier molecular flexibility index (Phi) is 7.32. The van der Waals surface area contributed by atoms with E-state index >= 15 is 0 Å². The molecule has 0 aliphatic rings. The van der Waals surface area contributed by atoms with Crippen molar-refractivity contribution < 1.29 is 14.7 Å². The molecule has 0 saturated heterocycles. The SMILES string of the molecule is C=CCN(C(=O)NCC(CC(C)(C)C)C(=O)O)C(C)C. The van der Waals surface area contributed by atoms with Crippen molar-refractivity contribution in [2.75, 3.05) is 13.1 Å². The molecule has 0 saturated carbocycles. The molecule has 0 radical (unpaired) electrons. The van der Waals surface area contributed by atoms with Crippen LogP contribution in [0.15, 0.2) is 12.7 Å². The largest absolute Gasteiger partial charge is 0.481 e. The van der Waals surface area contributed by atoms with Crippen LogP contribution in [0, 0.1) is 11.3 Å². The van der Waals surface area contributed by atoms with Gasteiger partial charge in [0, 0.05) is 19.1 Å². The van der Waals surface area contributed by atoms with Crippen molar-refractivity contribution in [3.63, 3.8) is 0 Å². The summed E-state index contributed by atoms with van der Waals surface area (Å²) in [6.07, 6.45) is 2.18. The van der Waals surface area contributed by atoms with Gasteiger partial charge in [0.15, 0.2) is 0 Å². The number of carboxylic acid groups (broad SMARTS) is 1. The molecule has 0 aromatic carbocycles. The number of carboxylic acids is 1. The Labute approximate surface area is 122 Å². The molecule has 0 rings (SSSR count). The Morgan fingerprint density at radius 2 is 1.90 bits per heavy atom. The Morgan fingerprint density at radius 1 is 1.35 bits per heavy atom. The maximum Gasteiger partial charge on any atom is 0.317 e. The van der Waals surface area contributed by atoms with Gasteiger partial charge in [-0.05, 0) is 25.7 Å². The summed E-state index contributed by atoms with van der Waals surface area (Å²) >= 11 is 0. The Balaban J connectivity index is 4.57. The van der Waals surface area contributed by atoms with E-state index in [9.17, 15) is 14.7 Å². The fraction of sp³-hybridized carbons (Fsp3) is 0.733. The summed E-state index contributed by atoms with van der Waals surface area (Å²) in [6, 6.07) is -0.209. The minimum atomic E-state index is -0.875. The van der Waals surface area contributed by atoms with Gasteiger partial charge in [0.05, 0.1) is 5.92 Å². The first-order valence-electron chi connectivity index (χ1n) is 6.96. The molecular weight excluding hydrogens is 256 g/mol. The van der Waals surface area contributed by atoms with E-state index in [4.69, 9.17) is 0 Å². The highest BCUT2D eigenvalue weighted by atomic mass is 16.4. The van der Waals surface area contributed by atoms with Crippen LogP contribution < -0.4 is 5.32 Å². The lowest BCUT2D eigenvalue weighted by Gasteiger charge is -2.28. The second-order valence-electron chi connectivity index (χ2n) is 6.52. The van der Waals surface area contributed by atoms with E-state index in [1.807, 2.05) is 34.6 Å². The molecule has 116 valence electrons. The molecule has 0 aromatic rings. The van der Waals surface area contributed by atoms with Crippen molar-refractivity contribution >= 4 is 12.0 Å². The van der Waals surface area contributed by atoms with E-state index in [0.29, 0.717) is 13.0 Å². The van der Waals surface area contributed by atoms with Gasteiger partial charge in [-0.3, -0.25) is 4.79 Å². The Hall–Kier alpha value is -1.52. The first-order valence-corrected chi connectivity index (χ1v) is 6.96. The summed E-state index contributed by atoms with van der Waals surface area (Å²) < 4.78 is 0. The summed E-state index contributed by atoms with van der Waals surface area (Å²) in [5.41, 5.74) is -0.0906. The van der Waals surface area contributed by atoms with Crippen molar-refractivity contribution in [1.29, 1.82) is 0 Å². The molecule has 0 bridgehead atoms. The predicted octanol–water partition coefficient (Wildman–Crippen LogP) is 2.73. The zero-order chi connectivity index (χ0) is 15.9. The summed E-state index contributed by atoms with van der Waals surface area (Å²) in [6.45, 7) is 14.0. The molecule has 1 unspecified atom stereocenters. The van der Waals surface area contributed by atoms with Crippen molar-refractivity contribution in [3.05, 3.63) is 12.7 Å². The van der Waals surface area contributed by atoms with Crippen LogP contribution in [0.1, 0.15) is 41.0 Å². The van der Waals surface area contributed by atoms with Crippen molar-refractivity contribution in [3.8, 4) is 0 Å². The van der Waals surface area contributed by atoms with Gasteiger partial charge in [-0.15, -0.1) is 6.58 Å². The first-order chi connectivity index (χ1) is 9.08. The highest BCUT2D eigenvalue weighted by molar-refractivity contribution is 5.76. The highest BCUT2D eigenvalue weighted by Gasteiger charge is 2.26. The van der Waals surface area contributed by atoms with Crippen LogP contribution in [0.3, 0.4) is 0 Å². The van der Waals surface area contributed by atoms with Gasteiger partial charge in [0.1, 0.15) is 0 Å². The number of hydrogen-bond acceptors (Lipinski definition) is 2. The number of carbonyl (C=O) groups is 2. The predicted molar refractivity (Wildman–Crippen MR) is 80.6 cm³/mol. The second kappa shape index (κ2) is 7.92. The molecule has 0 aliphatic carbocycles. The molecule has 5 heteroatoms. The van der Waals surface area contributed by atoms with Gasteiger partial charge in [-0.1, -0.05) is 26.8 Å². The number of amides is 2. The molecule has 0 heterocycles. The second-order valence-corrected chi connectivity index (χ2v) is 6.52. The quantitative estimate of drug-likeness (QED) is 0.706. The summed E-state index contributed by atoms with van der Waals surface area (Å²) in [5, 5.41) is 11.9. The average molecular weight is 284 g/mol. The average Bonchev–Trinajstić information content (AvgIpc) is 2.28. The third-order valence-corrected chi connectivity index (χ3v) is 2.92. The van der Waals surface area contributed by atoms with Gasteiger partial charge in [0.2, 0.25) is 0 Å². The van der Waals surface area contributed by atoms with Crippen molar-refractivity contribution in [2.24, 2.45) is 11.3 Å². The summed E-state index contributed by atoms with van der Waals surface area (Å²) in [4.78, 5) is 24.9. The normalized spacial score (nSPS) is 12.9. The molecule has 0 spiro atoms. The molecule has 0 aliphatic heterocycles. The van der Waals surface area contributed by atoms with Crippen LogP contribution in [0.25, 0.3) is 0 Å². The standard InChI is InChI=1S/C15H28N2O3/c1-7-8-17(11(2)3)14(20)16-10-12(13(18)19)9-15(4,5)6/h7,11-12H,1,8-10H2,2-6H3,(H,16,20)(H,18,19). The number of nitrogens with one attached hydrogen (secondary N) is 1. The lowest BCUT2D eigenvalue weighted by Crippen LogP contribution is -2.46. The van der Waals surface area contributed by atoms with Gasteiger partial charge >= 0.3 is 12.0 Å². The number of rotatable bonds is 7. The minimum absolute atomic E-state index is 0.0406. The Bertz CT molecular complexity index is 346. The van der Waals surface area contributed by atoms with E-state index in [-0.39, 0.29) is 24.0 Å². The molecule has 0 fully saturated rings. The van der Waals surface area contributed by atoms with Crippen LogP contribution >= 0.6 is 0 Å². The molecule has 1 atom stereocenters. The van der Waals surface area contributed by atoms with E-state index in [0.717, 1.165) is 0 Å². The van der Waals surface area contributed by atoms with E-state index in [1.54, 1.807) is 11.0 Å². The topological polar surface area (TPSA) is 69.6 Å². The zero-order valence-corrected chi connectivity index (χ0v) is 13.3. The summed E-state index contributed by atoms with van der Waals surface area (Å²) in [7, 11) is 0. The zero-order valence-electron chi connectivity index (χ0n) is 13.3. The Morgan fingerprint density at radius 3 is 2.25 bits per heavy atom. The third-order valence-electron chi connectivity index (χ3n) is 2.92. The van der Waals surface area contributed by atoms with Crippen LogP contribution in [0.5, 0.6) is 0 Å². The molecule has 2 amide bonds. The number of urea groups is 1. The molecule has 20 heavy (non-hydrogen) atoms. The molecule has 2 N–H and O–H groups in total. The minimum Gasteiger partial charge on any atom is -0.481 e. The fourth-order valence-electron chi connectivity index (χ4n) is 1.97. The van der Waals surface area contributed by atoms with Gasteiger partial charge < -0.3 is 15.3 Å². The van der Waals surface area contributed by atoms with Crippen LogP contribution in [0.4, 0.5) is 4.79 Å². The van der Waals surface area contributed by atoms with Crippen LogP contribution in [-0.2, 0) is 4.79 Å². The first kappa shape index (κ1) is 18.5. The molecule has 0 aromatic heterocycles. The van der Waals surface area contributed by atoms with E-state index in [2.05, 4.69) is 11.9 Å². The van der Waals surface area contributed by atoms with Crippen LogP contribution in [-0.4, -0.2) is 41.1 Å². The number of aliphatic carboxylic acids is 1. The fourth-order valence-corrected chi connectivity index (χ4v) is 1.97. The maximum absolute atomic E-state index is 12.0. The van der Waals surface area contributed by atoms with Gasteiger partial charge in [-0.2, -0.15) is 0 Å². The number of carbonyl (C=O) groups excluding carboxylic acids is 1. The lowest BCUT2D eigenvalue weighted by atomic mass is 9.84.